The summed E-state index contributed by atoms with van der Waals surface area (Å²) in [5.41, 5.74) is 1.91. The van der Waals surface area contributed by atoms with E-state index in [9.17, 15) is 9.59 Å². The number of nitrogens with one attached hydrogen (secondary N) is 2. The van der Waals surface area contributed by atoms with E-state index < -0.39 is 0 Å². The number of likely N-dealkylation sites (N-methyl/N-ethyl adjacent to an activating group) is 1. The number of amides is 3. The number of benzene rings is 1. The number of fused-ring (bicyclic) bond motifs is 1. The summed E-state index contributed by atoms with van der Waals surface area (Å²) < 4.78 is 5.13. The van der Waals surface area contributed by atoms with Crippen LogP contribution >= 0.6 is 11.6 Å². The van der Waals surface area contributed by atoms with Gasteiger partial charge in [0.15, 0.2) is 0 Å². The average Bonchev–Trinajstić information content (AvgIpc) is 3.06. The zero-order chi connectivity index (χ0) is 19.7. The van der Waals surface area contributed by atoms with E-state index in [1.54, 1.807) is 11.9 Å². The van der Waals surface area contributed by atoms with Gasteiger partial charge in [-0.1, -0.05) is 11.6 Å². The van der Waals surface area contributed by atoms with Gasteiger partial charge in [-0.3, -0.25) is 4.79 Å². The Labute approximate surface area is 168 Å². The largest absolute Gasteiger partial charge is 0.380 e. The Morgan fingerprint density at radius 1 is 1.36 bits per heavy atom. The summed E-state index contributed by atoms with van der Waals surface area (Å²) in [5, 5.41) is 4.67. The topological polar surface area (TPSA) is 77.7 Å². The number of piperidine rings is 1. The summed E-state index contributed by atoms with van der Waals surface area (Å²) in [6.45, 7) is 2.80. The molecule has 3 heterocycles. The highest BCUT2D eigenvalue weighted by Crippen LogP contribution is 2.21. The lowest BCUT2D eigenvalue weighted by Gasteiger charge is -2.40. The molecule has 2 N–H and O–H groups in total. The molecule has 0 spiro atoms. The van der Waals surface area contributed by atoms with E-state index in [4.69, 9.17) is 16.3 Å². The van der Waals surface area contributed by atoms with Crippen LogP contribution in [-0.4, -0.2) is 66.1 Å². The molecule has 0 unspecified atom stereocenters. The van der Waals surface area contributed by atoms with Crippen molar-refractivity contribution in [2.24, 2.45) is 5.92 Å². The molecule has 1 aromatic carbocycles. The van der Waals surface area contributed by atoms with Crippen molar-refractivity contribution in [2.45, 2.75) is 25.4 Å². The Morgan fingerprint density at radius 3 is 2.93 bits per heavy atom. The van der Waals surface area contributed by atoms with Gasteiger partial charge in [-0.2, -0.15) is 0 Å². The Bertz CT molecular complexity index is 879. The second-order valence-corrected chi connectivity index (χ2v) is 8.05. The van der Waals surface area contributed by atoms with Crippen LogP contribution in [0.5, 0.6) is 0 Å². The number of aromatic nitrogens is 1. The quantitative estimate of drug-likeness (QED) is 0.822. The zero-order valence-corrected chi connectivity index (χ0v) is 16.7. The first-order chi connectivity index (χ1) is 13.5. The second kappa shape index (κ2) is 8.01. The molecule has 28 heavy (non-hydrogen) atoms. The van der Waals surface area contributed by atoms with Gasteiger partial charge in [0.25, 0.3) is 0 Å². The van der Waals surface area contributed by atoms with Crippen molar-refractivity contribution in [3.8, 4) is 0 Å². The predicted molar refractivity (Wildman–Crippen MR) is 107 cm³/mol. The third-order valence-corrected chi connectivity index (χ3v) is 5.87. The molecular weight excluding hydrogens is 380 g/mol. The fourth-order valence-corrected chi connectivity index (χ4v) is 4.01. The summed E-state index contributed by atoms with van der Waals surface area (Å²) in [7, 11) is 1.80. The molecule has 1 aromatic heterocycles. The van der Waals surface area contributed by atoms with Crippen molar-refractivity contribution in [3.05, 3.63) is 35.0 Å². The second-order valence-electron chi connectivity index (χ2n) is 7.61. The van der Waals surface area contributed by atoms with Crippen LogP contribution in [0.4, 0.5) is 4.79 Å². The lowest BCUT2D eigenvalue weighted by atomic mass is 10.0. The predicted octanol–water partition coefficient (Wildman–Crippen LogP) is 2.60. The summed E-state index contributed by atoms with van der Waals surface area (Å²) >= 11 is 6.02. The summed E-state index contributed by atoms with van der Waals surface area (Å²) in [6, 6.07) is 7.54. The van der Waals surface area contributed by atoms with E-state index in [1.807, 2.05) is 29.2 Å². The number of likely N-dealkylation sites (tertiary alicyclic amines) is 1. The minimum atomic E-state index is -0.136. The number of carbonyl (C=O) groups is 2. The summed E-state index contributed by atoms with van der Waals surface area (Å²) in [4.78, 5) is 32.0. The fraction of sp³-hybridized carbons (Fsp3) is 0.500. The molecule has 2 fully saturated rings. The fourth-order valence-electron chi connectivity index (χ4n) is 3.83. The number of halogens is 1. The SMILES string of the molecule is CN(C(=O)NCc1cc2cc(Cl)ccc2[nH]1)[C@@H]1CCCN(C(=O)C2COC2)C1. The van der Waals surface area contributed by atoms with E-state index in [1.165, 1.54) is 0 Å². The molecule has 3 amide bonds. The van der Waals surface area contributed by atoms with Crippen molar-refractivity contribution in [2.75, 3.05) is 33.4 Å². The molecule has 2 aliphatic rings. The van der Waals surface area contributed by atoms with E-state index in [2.05, 4.69) is 10.3 Å². The van der Waals surface area contributed by atoms with Gasteiger partial charge in [0.2, 0.25) is 5.91 Å². The maximum Gasteiger partial charge on any atom is 0.317 e. The van der Waals surface area contributed by atoms with Crippen molar-refractivity contribution >= 4 is 34.4 Å². The first-order valence-corrected chi connectivity index (χ1v) is 10.0. The van der Waals surface area contributed by atoms with Crippen LogP contribution in [0.15, 0.2) is 24.3 Å². The minimum absolute atomic E-state index is 0.00611. The number of carbonyl (C=O) groups excluding carboxylic acids is 2. The Kier molecular flexibility index (Phi) is 5.46. The molecule has 2 saturated heterocycles. The smallest absolute Gasteiger partial charge is 0.317 e. The molecule has 0 bridgehead atoms. The highest BCUT2D eigenvalue weighted by Gasteiger charge is 2.34. The van der Waals surface area contributed by atoms with Gasteiger partial charge < -0.3 is 24.8 Å². The lowest BCUT2D eigenvalue weighted by Crippen LogP contribution is -2.55. The number of rotatable bonds is 4. The monoisotopic (exact) mass is 404 g/mol. The number of ether oxygens (including phenoxy) is 1. The van der Waals surface area contributed by atoms with Crippen LogP contribution in [0.3, 0.4) is 0 Å². The molecule has 0 saturated carbocycles. The van der Waals surface area contributed by atoms with Crippen LogP contribution in [0.1, 0.15) is 18.5 Å². The van der Waals surface area contributed by atoms with Gasteiger partial charge in [0.05, 0.1) is 31.7 Å². The van der Waals surface area contributed by atoms with Gasteiger partial charge in [-0.15, -0.1) is 0 Å². The van der Waals surface area contributed by atoms with E-state index >= 15 is 0 Å². The van der Waals surface area contributed by atoms with Gasteiger partial charge >= 0.3 is 6.03 Å². The first-order valence-electron chi connectivity index (χ1n) is 9.65. The molecule has 0 radical (unpaired) electrons. The molecule has 1 atom stereocenters. The molecule has 7 nitrogen and oxygen atoms in total. The number of urea groups is 1. The van der Waals surface area contributed by atoms with E-state index in [-0.39, 0.29) is 23.9 Å². The van der Waals surface area contributed by atoms with Crippen LogP contribution in [0.2, 0.25) is 5.02 Å². The molecule has 4 rings (SSSR count). The average molecular weight is 405 g/mol. The van der Waals surface area contributed by atoms with Crippen LogP contribution in [-0.2, 0) is 16.1 Å². The standard InChI is InChI=1S/C20H25ClN4O3/c1-24(17-3-2-6-25(10-17)19(26)14-11-28-12-14)20(27)22-9-16-8-13-7-15(21)4-5-18(13)23-16/h4-5,7-8,14,17,23H,2-3,6,9-12H2,1H3,(H,22,27)/t17-/m1/s1. The van der Waals surface area contributed by atoms with E-state index in [0.29, 0.717) is 31.3 Å². The van der Waals surface area contributed by atoms with Crippen molar-refractivity contribution in [1.82, 2.24) is 20.1 Å². The molecule has 150 valence electrons. The highest BCUT2D eigenvalue weighted by atomic mass is 35.5. The lowest BCUT2D eigenvalue weighted by molar-refractivity contribution is -0.151. The maximum atomic E-state index is 12.6. The van der Waals surface area contributed by atoms with Crippen LogP contribution in [0.25, 0.3) is 10.9 Å². The Morgan fingerprint density at radius 2 is 2.18 bits per heavy atom. The molecule has 0 aliphatic carbocycles. The number of H-pyrrole nitrogens is 1. The Balaban J connectivity index is 1.32. The van der Waals surface area contributed by atoms with Crippen LogP contribution < -0.4 is 5.32 Å². The van der Waals surface area contributed by atoms with Gasteiger partial charge in [-0.05, 0) is 37.1 Å². The zero-order valence-electron chi connectivity index (χ0n) is 15.9. The van der Waals surface area contributed by atoms with Crippen LogP contribution in [0, 0.1) is 5.92 Å². The first kappa shape index (κ1) is 19.1. The van der Waals surface area contributed by atoms with Gasteiger partial charge in [0.1, 0.15) is 0 Å². The van der Waals surface area contributed by atoms with Gasteiger partial charge in [0, 0.05) is 41.8 Å². The number of hydrogen-bond acceptors (Lipinski definition) is 3. The number of aromatic amines is 1. The van der Waals surface area contributed by atoms with Gasteiger partial charge in [-0.25, -0.2) is 4.79 Å². The normalized spacial score (nSPS) is 20.1. The number of nitrogens with zero attached hydrogens (tertiary/aromatic N) is 2. The van der Waals surface area contributed by atoms with Crippen molar-refractivity contribution in [3.63, 3.8) is 0 Å². The minimum Gasteiger partial charge on any atom is -0.380 e. The number of hydrogen-bond donors (Lipinski definition) is 2. The molecule has 8 heteroatoms. The van der Waals surface area contributed by atoms with Crippen molar-refractivity contribution in [1.29, 1.82) is 0 Å². The molecule has 2 aliphatic heterocycles. The third-order valence-electron chi connectivity index (χ3n) is 5.63. The van der Waals surface area contributed by atoms with E-state index in [0.717, 1.165) is 36.0 Å². The third kappa shape index (κ3) is 3.95. The van der Waals surface area contributed by atoms with Crippen molar-refractivity contribution < 1.29 is 14.3 Å². The molecular formula is C20H25ClN4O3. The maximum absolute atomic E-state index is 12.6. The summed E-state index contributed by atoms with van der Waals surface area (Å²) in [5.74, 6) is 0.148. The highest BCUT2D eigenvalue weighted by molar-refractivity contribution is 6.31. The Hall–Kier alpha value is -2.25. The summed E-state index contributed by atoms with van der Waals surface area (Å²) in [6.07, 6.45) is 1.81. The molecule has 2 aromatic rings.